The molecule has 2 amide bonds. The molecule has 0 spiro atoms. The first-order chi connectivity index (χ1) is 26.1. The first kappa shape index (κ1) is 44.8. The molecule has 18 heteroatoms. The van der Waals surface area contributed by atoms with Crippen LogP contribution in [0.3, 0.4) is 0 Å². The van der Waals surface area contributed by atoms with Crippen LogP contribution < -0.4 is 0 Å². The fourth-order valence-electron chi connectivity index (χ4n) is 7.19. The number of halogens is 4. The van der Waals surface area contributed by atoms with Gasteiger partial charge in [-0.25, -0.2) is 29.1 Å². The molecule has 0 radical (unpaired) electrons. The molecule has 2 aromatic rings. The van der Waals surface area contributed by atoms with Gasteiger partial charge < -0.3 is 28.4 Å². The fourth-order valence-corrected chi connectivity index (χ4v) is 7.46. The molecule has 0 N–H and O–H groups in total. The van der Waals surface area contributed by atoms with Crippen LogP contribution in [0.15, 0.2) is 24.3 Å². The molecule has 14 nitrogen and oxygen atoms in total. The third-order valence-corrected chi connectivity index (χ3v) is 10.2. The summed E-state index contributed by atoms with van der Waals surface area (Å²) < 4.78 is 62.6. The van der Waals surface area contributed by atoms with E-state index in [0.29, 0.717) is 0 Å². The molecule has 2 heterocycles. The minimum atomic E-state index is -1.28. The van der Waals surface area contributed by atoms with Gasteiger partial charge in [0, 0.05) is 48.3 Å². The highest BCUT2D eigenvalue weighted by Gasteiger charge is 2.52. The summed E-state index contributed by atoms with van der Waals surface area (Å²) in [5.41, 5.74) is -3.00. The quantitative estimate of drug-likeness (QED) is 0.0626. The standard InChI is InChI=1S/C38H50Cl2F2N4O10/c1-35(2,3)55-33(49)45(21-51-7)23-17-37(18-23,25-9-11-27(39)43-29(25)41)13-15-53-31(47)32(48)54-16-14-38(26-10-12-28(40)44-30(26)42)19-24(20-38)46(22-52-8)34(50)56-36(4,5)6/h9-12,23-24H,13-22H2,1-8H3. The molecule has 0 bridgehead atoms. The van der Waals surface area contributed by atoms with Crippen LogP contribution in [0.25, 0.3) is 0 Å². The summed E-state index contributed by atoms with van der Waals surface area (Å²) in [5.74, 6) is -4.19. The number of rotatable bonds is 14. The number of hydrogen-bond acceptors (Lipinski definition) is 12. The molecule has 2 saturated carbocycles. The van der Waals surface area contributed by atoms with Crippen molar-refractivity contribution in [1.82, 2.24) is 19.8 Å². The van der Waals surface area contributed by atoms with Crippen molar-refractivity contribution in [3.8, 4) is 0 Å². The molecule has 2 aliphatic rings. The molecule has 56 heavy (non-hydrogen) atoms. The first-order valence-electron chi connectivity index (χ1n) is 18.1. The van der Waals surface area contributed by atoms with E-state index in [1.807, 2.05) is 0 Å². The lowest BCUT2D eigenvalue weighted by Crippen LogP contribution is -2.57. The Morgan fingerprint density at radius 2 is 1.02 bits per heavy atom. The van der Waals surface area contributed by atoms with Gasteiger partial charge >= 0.3 is 24.1 Å². The summed E-state index contributed by atoms with van der Waals surface area (Å²) in [6, 6.07) is 5.04. The number of hydrogen-bond donors (Lipinski definition) is 0. The lowest BCUT2D eigenvalue weighted by molar-refractivity contribution is -0.168. The topological polar surface area (TPSA) is 156 Å². The Bertz CT molecular complexity index is 1620. The van der Waals surface area contributed by atoms with Crippen molar-refractivity contribution in [2.24, 2.45) is 0 Å². The zero-order valence-corrected chi connectivity index (χ0v) is 34.4. The predicted molar refractivity (Wildman–Crippen MR) is 199 cm³/mol. The van der Waals surface area contributed by atoms with Gasteiger partial charge in [0.25, 0.3) is 0 Å². The number of aromatic nitrogens is 2. The summed E-state index contributed by atoms with van der Waals surface area (Å²) in [4.78, 5) is 61.9. The molecular weight excluding hydrogens is 781 g/mol. The van der Waals surface area contributed by atoms with Crippen LogP contribution in [0.2, 0.25) is 10.3 Å². The van der Waals surface area contributed by atoms with Crippen LogP contribution >= 0.6 is 23.2 Å². The van der Waals surface area contributed by atoms with Gasteiger partial charge in [0.05, 0.1) is 13.2 Å². The van der Waals surface area contributed by atoms with E-state index in [4.69, 9.17) is 51.6 Å². The van der Waals surface area contributed by atoms with E-state index in [9.17, 15) is 19.2 Å². The highest BCUT2D eigenvalue weighted by Crippen LogP contribution is 2.51. The van der Waals surface area contributed by atoms with Gasteiger partial charge in [-0.1, -0.05) is 35.3 Å². The Hall–Kier alpha value is -3.86. The van der Waals surface area contributed by atoms with Crippen LogP contribution in [0, 0.1) is 11.9 Å². The lowest BCUT2D eigenvalue weighted by atomic mass is 9.59. The zero-order valence-electron chi connectivity index (χ0n) is 32.9. The average molecular weight is 832 g/mol. The predicted octanol–water partition coefficient (Wildman–Crippen LogP) is 7.11. The van der Waals surface area contributed by atoms with Gasteiger partial charge in [-0.2, -0.15) is 8.78 Å². The molecule has 4 rings (SSSR count). The normalized spacial score (nSPS) is 21.9. The van der Waals surface area contributed by atoms with E-state index in [-0.39, 0.29) is 86.6 Å². The number of carbonyl (C=O) groups excluding carboxylic acids is 4. The van der Waals surface area contributed by atoms with Crippen molar-refractivity contribution >= 4 is 47.3 Å². The van der Waals surface area contributed by atoms with Gasteiger partial charge in [-0.3, -0.25) is 9.80 Å². The Kier molecular flexibility index (Phi) is 14.5. The second-order valence-corrected chi connectivity index (χ2v) is 16.9. The maximum absolute atomic E-state index is 15.2. The van der Waals surface area contributed by atoms with Crippen LogP contribution in [0.1, 0.15) is 91.2 Å². The number of esters is 2. The molecule has 0 unspecified atom stereocenters. The Morgan fingerprint density at radius 3 is 1.30 bits per heavy atom. The number of pyridine rings is 2. The van der Waals surface area contributed by atoms with Gasteiger partial charge in [-0.15, -0.1) is 0 Å². The van der Waals surface area contributed by atoms with E-state index in [2.05, 4.69) is 9.97 Å². The molecule has 310 valence electrons. The van der Waals surface area contributed by atoms with E-state index < -0.39 is 70.1 Å². The monoisotopic (exact) mass is 830 g/mol. The molecule has 2 aliphatic carbocycles. The minimum absolute atomic E-state index is 0.0502. The minimum Gasteiger partial charge on any atom is -0.457 e. The fraction of sp³-hybridized carbons (Fsp3) is 0.632. The Labute approximate surface area is 335 Å². The van der Waals surface area contributed by atoms with E-state index in [1.54, 1.807) is 41.5 Å². The molecule has 2 aromatic heterocycles. The Morgan fingerprint density at radius 1 is 0.679 bits per heavy atom. The summed E-state index contributed by atoms with van der Waals surface area (Å²) >= 11 is 11.8. The Balaban J connectivity index is 1.40. The zero-order chi connectivity index (χ0) is 41.6. The highest BCUT2D eigenvalue weighted by atomic mass is 35.5. The smallest absolute Gasteiger partial charge is 0.417 e. The average Bonchev–Trinajstić information content (AvgIpc) is 3.04. The molecular formula is C38H50Cl2F2N4O10. The molecule has 2 fully saturated rings. The molecule has 0 saturated heterocycles. The van der Waals surface area contributed by atoms with Crippen LogP contribution in [-0.4, -0.2) is 108 Å². The third-order valence-electron chi connectivity index (χ3n) is 9.75. The number of amides is 2. The van der Waals surface area contributed by atoms with Crippen LogP contribution in [-0.2, 0) is 48.8 Å². The third kappa shape index (κ3) is 11.2. The molecule has 0 atom stereocenters. The first-order valence-corrected chi connectivity index (χ1v) is 18.8. The van der Waals surface area contributed by atoms with Crippen molar-refractivity contribution in [1.29, 1.82) is 0 Å². The number of methoxy groups -OCH3 is 2. The van der Waals surface area contributed by atoms with Crippen molar-refractivity contribution in [3.63, 3.8) is 0 Å². The van der Waals surface area contributed by atoms with Crippen molar-refractivity contribution in [2.45, 2.75) is 114 Å². The van der Waals surface area contributed by atoms with Crippen molar-refractivity contribution < 1.29 is 56.4 Å². The van der Waals surface area contributed by atoms with E-state index in [1.165, 1.54) is 48.3 Å². The van der Waals surface area contributed by atoms with Gasteiger partial charge in [0.15, 0.2) is 0 Å². The van der Waals surface area contributed by atoms with Crippen LogP contribution in [0.5, 0.6) is 0 Å². The second kappa shape index (κ2) is 18.2. The largest absolute Gasteiger partial charge is 0.457 e. The van der Waals surface area contributed by atoms with Crippen molar-refractivity contribution in [2.75, 3.05) is 40.9 Å². The second-order valence-electron chi connectivity index (χ2n) is 16.1. The van der Waals surface area contributed by atoms with Crippen LogP contribution in [0.4, 0.5) is 18.4 Å². The molecule has 0 aromatic carbocycles. The highest BCUT2D eigenvalue weighted by molar-refractivity contribution is 6.30. The number of nitrogens with zero attached hydrogens (tertiary/aromatic N) is 4. The summed E-state index contributed by atoms with van der Waals surface area (Å²) in [5, 5.41) is -0.100. The maximum Gasteiger partial charge on any atom is 0.417 e. The number of ether oxygens (including phenoxy) is 6. The van der Waals surface area contributed by atoms with E-state index >= 15 is 8.78 Å². The maximum atomic E-state index is 15.2. The molecule has 0 aliphatic heterocycles. The number of carbonyl (C=O) groups is 4. The van der Waals surface area contributed by atoms with Crippen molar-refractivity contribution in [3.05, 3.63) is 57.6 Å². The SMILES string of the molecule is COCN(C(=O)OC(C)(C)C)C1CC(CCOC(=O)C(=O)OCCC2(c3ccc(Cl)nc3F)CC(N(COC)C(=O)OC(C)(C)C)C2)(c2ccc(Cl)nc2F)C1. The van der Waals surface area contributed by atoms with Gasteiger partial charge in [0.2, 0.25) is 11.9 Å². The van der Waals surface area contributed by atoms with Gasteiger partial charge in [-0.05, 0) is 92.2 Å². The summed E-state index contributed by atoms with van der Waals surface area (Å²) in [6.07, 6.45) is -0.0984. The van der Waals surface area contributed by atoms with E-state index in [0.717, 1.165) is 0 Å². The summed E-state index contributed by atoms with van der Waals surface area (Å²) in [6.45, 7) is 9.66. The summed E-state index contributed by atoms with van der Waals surface area (Å²) in [7, 11) is 2.87. The van der Waals surface area contributed by atoms with Gasteiger partial charge in [0.1, 0.15) is 35.0 Å². The lowest BCUT2D eigenvalue weighted by Gasteiger charge is -2.51.